The van der Waals surface area contributed by atoms with E-state index in [-0.39, 0.29) is 0 Å². The largest absolute Gasteiger partial charge is 0.480 e. The first-order valence-corrected chi connectivity index (χ1v) is 8.10. The first kappa shape index (κ1) is 24.0. The van der Waals surface area contributed by atoms with Crippen LogP contribution in [-0.4, -0.2) is 58.5 Å². The second-order valence-corrected chi connectivity index (χ2v) is 5.44. The zero-order chi connectivity index (χ0) is 18.3. The molecule has 138 valence electrons. The summed E-state index contributed by atoms with van der Waals surface area (Å²) in [4.78, 5) is 20.7. The number of aliphatic hydroxyl groups excluding tert-OH is 1. The Hall–Kier alpha value is -1.22. The molecule has 0 saturated carbocycles. The van der Waals surface area contributed by atoms with Crippen LogP contribution in [0.25, 0.3) is 0 Å². The summed E-state index contributed by atoms with van der Waals surface area (Å²) in [6.07, 6.45) is 4.85. The van der Waals surface area contributed by atoms with Crippen LogP contribution in [0.5, 0.6) is 0 Å². The highest BCUT2D eigenvalue weighted by Crippen LogP contribution is 2.01. The van der Waals surface area contributed by atoms with E-state index in [2.05, 4.69) is 12.2 Å². The lowest BCUT2D eigenvalue weighted by atomic mass is 10.1. The van der Waals surface area contributed by atoms with Crippen molar-refractivity contribution in [1.82, 2.24) is 5.32 Å². The number of hydrogen-bond donors (Lipinski definition) is 6. The van der Waals surface area contributed by atoms with Crippen molar-refractivity contribution in [3.05, 3.63) is 0 Å². The summed E-state index contributed by atoms with van der Waals surface area (Å²) in [7, 11) is 0. The molecule has 0 amide bonds. The highest BCUT2D eigenvalue weighted by atomic mass is 16.4. The Bertz CT molecular complexity index is 313. The summed E-state index contributed by atoms with van der Waals surface area (Å²) in [6, 6.07) is -1.55. The van der Waals surface area contributed by atoms with Crippen molar-refractivity contribution in [2.24, 2.45) is 11.5 Å². The second kappa shape index (κ2) is 15.7. The molecule has 3 unspecified atom stereocenters. The van der Waals surface area contributed by atoms with Gasteiger partial charge in [-0.05, 0) is 39.3 Å². The number of nitrogens with one attached hydrogen (secondary N) is 1. The van der Waals surface area contributed by atoms with Gasteiger partial charge >= 0.3 is 11.9 Å². The van der Waals surface area contributed by atoms with Gasteiger partial charge in [0, 0.05) is 0 Å². The molecule has 3 atom stereocenters. The number of rotatable bonds is 12. The van der Waals surface area contributed by atoms with E-state index in [9.17, 15) is 9.59 Å². The molecule has 0 fully saturated rings. The van der Waals surface area contributed by atoms with Gasteiger partial charge in [0.1, 0.15) is 12.1 Å². The lowest BCUT2D eigenvalue weighted by Crippen LogP contribution is -2.39. The van der Waals surface area contributed by atoms with Gasteiger partial charge in [-0.25, -0.2) is 0 Å². The number of nitrogens with two attached hydrogens (primary N) is 2. The average molecular weight is 335 g/mol. The number of aliphatic carboxylic acids is 2. The Labute approximate surface area is 138 Å². The maximum Gasteiger partial charge on any atom is 0.323 e. The van der Waals surface area contributed by atoms with E-state index in [1.165, 1.54) is 6.92 Å². The van der Waals surface area contributed by atoms with Crippen molar-refractivity contribution in [3.8, 4) is 0 Å². The van der Waals surface area contributed by atoms with E-state index in [0.29, 0.717) is 13.0 Å². The van der Waals surface area contributed by atoms with Gasteiger partial charge in [-0.2, -0.15) is 0 Å². The third-order valence-electron chi connectivity index (χ3n) is 3.22. The normalized spacial score (nSPS) is 14.3. The highest BCUT2D eigenvalue weighted by Gasteiger charge is 2.16. The maximum absolute atomic E-state index is 10.9. The first-order valence-electron chi connectivity index (χ1n) is 8.10. The van der Waals surface area contributed by atoms with Crippen molar-refractivity contribution < 1.29 is 24.9 Å². The molecule has 23 heavy (non-hydrogen) atoms. The first-order chi connectivity index (χ1) is 10.8. The minimum absolute atomic E-state index is 0.395. The van der Waals surface area contributed by atoms with E-state index >= 15 is 0 Å². The number of carboxylic acid groups (broad SMARTS) is 2. The van der Waals surface area contributed by atoms with Crippen LogP contribution >= 0.6 is 0 Å². The smallest absolute Gasteiger partial charge is 0.323 e. The standard InChI is InChI=1S/C11H24N2O2.C4H9NO3/c1-2-3-6-9-13-10(11(14)15)7-4-5-8-12;1-2(6)3(5)4(7)8/h10,13H,2-9,12H2,1H3,(H,14,15);2-3,6H,5H2,1H3,(H,7,8). The second-order valence-electron chi connectivity index (χ2n) is 5.44. The molecule has 0 rings (SSSR count). The van der Waals surface area contributed by atoms with Crippen LogP contribution in [0.2, 0.25) is 0 Å². The fraction of sp³-hybridized carbons (Fsp3) is 0.867. The summed E-state index contributed by atoms with van der Waals surface area (Å²) in [5, 5.41) is 28.6. The molecule has 0 bridgehead atoms. The predicted octanol–water partition coefficient (Wildman–Crippen LogP) is 0.128. The van der Waals surface area contributed by atoms with Crippen molar-refractivity contribution >= 4 is 11.9 Å². The molecule has 0 spiro atoms. The highest BCUT2D eigenvalue weighted by molar-refractivity contribution is 5.73. The van der Waals surface area contributed by atoms with Gasteiger partial charge in [0.25, 0.3) is 0 Å². The van der Waals surface area contributed by atoms with Crippen LogP contribution in [-0.2, 0) is 9.59 Å². The van der Waals surface area contributed by atoms with Crippen LogP contribution < -0.4 is 16.8 Å². The quantitative estimate of drug-likeness (QED) is 0.274. The molecule has 0 saturated heterocycles. The van der Waals surface area contributed by atoms with Gasteiger partial charge in [-0.3, -0.25) is 9.59 Å². The van der Waals surface area contributed by atoms with Crippen molar-refractivity contribution in [2.75, 3.05) is 13.1 Å². The van der Waals surface area contributed by atoms with E-state index < -0.39 is 30.1 Å². The molecule has 0 heterocycles. The summed E-state index contributed by atoms with van der Waals surface area (Å²) in [6.45, 7) is 4.91. The molecule has 0 aliphatic rings. The van der Waals surface area contributed by atoms with Gasteiger partial charge in [-0.1, -0.05) is 26.2 Å². The van der Waals surface area contributed by atoms with Gasteiger partial charge in [0.05, 0.1) is 6.10 Å². The van der Waals surface area contributed by atoms with Crippen molar-refractivity contribution in [1.29, 1.82) is 0 Å². The molecule has 8 N–H and O–H groups in total. The van der Waals surface area contributed by atoms with Crippen molar-refractivity contribution in [2.45, 2.75) is 70.6 Å². The summed E-state index contributed by atoms with van der Waals surface area (Å²) >= 11 is 0. The van der Waals surface area contributed by atoms with Gasteiger partial charge in [-0.15, -0.1) is 0 Å². The number of unbranched alkanes of at least 4 members (excludes halogenated alkanes) is 3. The lowest BCUT2D eigenvalue weighted by Gasteiger charge is -2.13. The Balaban J connectivity index is 0. The fourth-order valence-electron chi connectivity index (χ4n) is 1.66. The Kier molecular flexibility index (Phi) is 16.4. The lowest BCUT2D eigenvalue weighted by molar-refractivity contribution is -0.141. The zero-order valence-corrected chi connectivity index (χ0v) is 14.2. The third-order valence-corrected chi connectivity index (χ3v) is 3.22. The minimum Gasteiger partial charge on any atom is -0.480 e. The molecule has 8 nitrogen and oxygen atoms in total. The molecule has 0 aromatic heterocycles. The maximum atomic E-state index is 10.9. The van der Waals surface area contributed by atoms with E-state index in [0.717, 1.165) is 38.6 Å². The number of aliphatic hydroxyl groups is 1. The SMILES string of the molecule is CC(O)C(N)C(=O)O.CCCCCNC(CCCCN)C(=O)O. The van der Waals surface area contributed by atoms with Crippen LogP contribution in [0.4, 0.5) is 0 Å². The molecule has 0 aromatic rings. The Morgan fingerprint density at radius 1 is 1.09 bits per heavy atom. The van der Waals surface area contributed by atoms with Gasteiger partial charge in [0.15, 0.2) is 0 Å². The number of carboxylic acids is 2. The monoisotopic (exact) mass is 335 g/mol. The zero-order valence-electron chi connectivity index (χ0n) is 14.2. The van der Waals surface area contributed by atoms with E-state index in [1.807, 2.05) is 0 Å². The van der Waals surface area contributed by atoms with Gasteiger partial charge in [0.2, 0.25) is 0 Å². The summed E-state index contributed by atoms with van der Waals surface area (Å²) in [5.74, 6) is -1.93. The fourth-order valence-corrected chi connectivity index (χ4v) is 1.66. The van der Waals surface area contributed by atoms with Crippen LogP contribution in [0.3, 0.4) is 0 Å². The third kappa shape index (κ3) is 15.4. The summed E-state index contributed by atoms with van der Waals surface area (Å²) in [5.41, 5.74) is 10.3. The van der Waals surface area contributed by atoms with Crippen molar-refractivity contribution in [3.63, 3.8) is 0 Å². The van der Waals surface area contributed by atoms with Crippen LogP contribution in [0.1, 0.15) is 52.4 Å². The Morgan fingerprint density at radius 3 is 2.04 bits per heavy atom. The molecule has 0 aliphatic heterocycles. The molecule has 0 aliphatic carbocycles. The molecule has 0 radical (unpaired) electrons. The molecule has 0 aromatic carbocycles. The topological polar surface area (TPSA) is 159 Å². The predicted molar refractivity (Wildman–Crippen MR) is 89.1 cm³/mol. The molecular formula is C15H33N3O5. The number of carbonyl (C=O) groups is 2. The molecule has 8 heteroatoms. The van der Waals surface area contributed by atoms with Gasteiger partial charge < -0.3 is 32.1 Å². The Morgan fingerprint density at radius 2 is 1.70 bits per heavy atom. The number of hydrogen-bond acceptors (Lipinski definition) is 6. The average Bonchev–Trinajstić information content (AvgIpc) is 2.49. The van der Waals surface area contributed by atoms with Crippen LogP contribution in [0, 0.1) is 0 Å². The summed E-state index contributed by atoms with van der Waals surface area (Å²) < 4.78 is 0. The van der Waals surface area contributed by atoms with E-state index in [4.69, 9.17) is 26.8 Å². The molecular weight excluding hydrogens is 302 g/mol. The van der Waals surface area contributed by atoms with Crippen LogP contribution in [0.15, 0.2) is 0 Å². The minimum atomic E-state index is -1.18. The van der Waals surface area contributed by atoms with E-state index in [1.54, 1.807) is 0 Å².